The van der Waals surface area contributed by atoms with E-state index in [9.17, 15) is 4.79 Å². The van der Waals surface area contributed by atoms with Gasteiger partial charge in [0.1, 0.15) is 18.9 Å². The Kier molecular flexibility index (Phi) is 3.15. The van der Waals surface area contributed by atoms with Crippen molar-refractivity contribution in [2.24, 2.45) is 0 Å². The van der Waals surface area contributed by atoms with Crippen molar-refractivity contribution >= 4 is 17.2 Å². The van der Waals surface area contributed by atoms with Crippen LogP contribution in [0.4, 0.5) is 5.69 Å². The van der Waals surface area contributed by atoms with Gasteiger partial charge in [-0.25, -0.2) is 4.98 Å². The minimum atomic E-state index is -0.210. The number of imidazole rings is 1. The number of nitrogens with one attached hydrogen (secondary N) is 1. The first kappa shape index (κ1) is 13.6. The standard InChI is InChI=1S/C17H15N3O3/c1-11-10-20-6-2-3-13(16(20)18-11)17(21)19-12-4-5-14-15(9-12)23-8-7-22-14/h2-6,9-10H,7-8H2,1H3,(H,19,21). The van der Waals surface area contributed by atoms with Gasteiger partial charge in [0.05, 0.1) is 11.3 Å². The van der Waals surface area contributed by atoms with E-state index in [-0.39, 0.29) is 5.91 Å². The Hall–Kier alpha value is -3.02. The highest BCUT2D eigenvalue weighted by Crippen LogP contribution is 2.32. The number of pyridine rings is 1. The zero-order valence-electron chi connectivity index (χ0n) is 12.6. The Morgan fingerprint density at radius 1 is 1.22 bits per heavy atom. The van der Waals surface area contributed by atoms with E-state index < -0.39 is 0 Å². The van der Waals surface area contributed by atoms with E-state index >= 15 is 0 Å². The summed E-state index contributed by atoms with van der Waals surface area (Å²) in [5.41, 5.74) is 2.68. The lowest BCUT2D eigenvalue weighted by Crippen LogP contribution is -2.16. The van der Waals surface area contributed by atoms with E-state index in [1.807, 2.05) is 29.8 Å². The average Bonchev–Trinajstić information content (AvgIpc) is 2.94. The third-order valence-corrected chi connectivity index (χ3v) is 3.65. The quantitative estimate of drug-likeness (QED) is 0.790. The van der Waals surface area contributed by atoms with E-state index in [1.54, 1.807) is 24.3 Å². The summed E-state index contributed by atoms with van der Waals surface area (Å²) >= 11 is 0. The third-order valence-electron chi connectivity index (χ3n) is 3.65. The molecule has 2 aromatic heterocycles. The number of anilines is 1. The first-order chi connectivity index (χ1) is 11.2. The van der Waals surface area contributed by atoms with Gasteiger partial charge in [-0.3, -0.25) is 4.79 Å². The van der Waals surface area contributed by atoms with Crippen molar-refractivity contribution < 1.29 is 14.3 Å². The van der Waals surface area contributed by atoms with Crippen LogP contribution in [0.15, 0.2) is 42.7 Å². The molecule has 3 aromatic rings. The van der Waals surface area contributed by atoms with E-state index in [2.05, 4.69) is 10.3 Å². The molecule has 1 aromatic carbocycles. The lowest BCUT2D eigenvalue weighted by molar-refractivity contribution is 0.102. The number of ether oxygens (including phenoxy) is 2. The number of nitrogens with zero attached hydrogens (tertiary/aromatic N) is 2. The lowest BCUT2D eigenvalue weighted by Gasteiger charge is -2.19. The number of fused-ring (bicyclic) bond motifs is 2. The van der Waals surface area contributed by atoms with Gasteiger partial charge in [-0.1, -0.05) is 0 Å². The highest BCUT2D eigenvalue weighted by atomic mass is 16.6. The van der Waals surface area contributed by atoms with Gasteiger partial charge in [-0.2, -0.15) is 0 Å². The molecule has 0 radical (unpaired) electrons. The van der Waals surface area contributed by atoms with Gasteiger partial charge < -0.3 is 19.2 Å². The molecule has 116 valence electrons. The first-order valence-electron chi connectivity index (χ1n) is 7.36. The number of aromatic nitrogens is 2. The van der Waals surface area contributed by atoms with Gasteiger partial charge >= 0.3 is 0 Å². The monoisotopic (exact) mass is 309 g/mol. The molecule has 6 heteroatoms. The second-order valence-corrected chi connectivity index (χ2v) is 5.35. The molecule has 0 aliphatic carbocycles. The molecular weight excluding hydrogens is 294 g/mol. The smallest absolute Gasteiger partial charge is 0.259 e. The van der Waals surface area contributed by atoms with Crippen molar-refractivity contribution in [3.63, 3.8) is 0 Å². The van der Waals surface area contributed by atoms with Crippen LogP contribution in [0.1, 0.15) is 16.1 Å². The minimum absolute atomic E-state index is 0.210. The second-order valence-electron chi connectivity index (χ2n) is 5.35. The summed E-state index contributed by atoms with van der Waals surface area (Å²) in [7, 11) is 0. The van der Waals surface area contributed by atoms with Crippen molar-refractivity contribution in [2.45, 2.75) is 6.92 Å². The number of aryl methyl sites for hydroxylation is 1. The van der Waals surface area contributed by atoms with Gasteiger partial charge in [0.15, 0.2) is 11.5 Å². The number of rotatable bonds is 2. The molecule has 1 aliphatic rings. The largest absolute Gasteiger partial charge is 0.486 e. The Balaban J connectivity index is 1.64. The van der Waals surface area contributed by atoms with Crippen LogP contribution in [0.25, 0.3) is 5.65 Å². The van der Waals surface area contributed by atoms with Crippen LogP contribution in [-0.2, 0) is 0 Å². The van der Waals surface area contributed by atoms with Gasteiger partial charge in [-0.05, 0) is 31.2 Å². The minimum Gasteiger partial charge on any atom is -0.486 e. The fraction of sp³-hybridized carbons (Fsp3) is 0.176. The van der Waals surface area contributed by atoms with Crippen LogP contribution >= 0.6 is 0 Å². The van der Waals surface area contributed by atoms with Gasteiger partial charge in [0.2, 0.25) is 0 Å². The molecule has 0 saturated carbocycles. The topological polar surface area (TPSA) is 64.9 Å². The fourth-order valence-electron chi connectivity index (χ4n) is 2.63. The van der Waals surface area contributed by atoms with E-state index in [1.165, 1.54) is 0 Å². The second kappa shape index (κ2) is 5.31. The molecule has 0 unspecified atom stereocenters. The molecule has 1 N–H and O–H groups in total. The summed E-state index contributed by atoms with van der Waals surface area (Å²) in [5.74, 6) is 1.13. The molecule has 6 nitrogen and oxygen atoms in total. The van der Waals surface area contributed by atoms with E-state index in [0.29, 0.717) is 41.6 Å². The molecule has 4 rings (SSSR count). The van der Waals surface area contributed by atoms with Crippen molar-refractivity contribution in [2.75, 3.05) is 18.5 Å². The van der Waals surface area contributed by atoms with Crippen LogP contribution in [0.5, 0.6) is 11.5 Å². The first-order valence-corrected chi connectivity index (χ1v) is 7.36. The molecule has 23 heavy (non-hydrogen) atoms. The molecule has 3 heterocycles. The van der Waals surface area contributed by atoms with Crippen LogP contribution in [-0.4, -0.2) is 28.5 Å². The maximum atomic E-state index is 12.6. The Bertz CT molecular complexity index is 901. The molecule has 0 fully saturated rings. The lowest BCUT2D eigenvalue weighted by atomic mass is 10.2. The number of benzene rings is 1. The average molecular weight is 309 g/mol. The van der Waals surface area contributed by atoms with E-state index in [0.717, 1.165) is 5.69 Å². The van der Waals surface area contributed by atoms with Crippen LogP contribution in [0.3, 0.4) is 0 Å². The maximum Gasteiger partial charge on any atom is 0.259 e. The van der Waals surface area contributed by atoms with Gasteiger partial charge in [0.25, 0.3) is 5.91 Å². The maximum absolute atomic E-state index is 12.6. The summed E-state index contributed by atoms with van der Waals surface area (Å²) in [5, 5.41) is 2.88. The normalized spacial score (nSPS) is 13.1. The van der Waals surface area contributed by atoms with Crippen molar-refractivity contribution in [1.82, 2.24) is 9.38 Å². The predicted octanol–water partition coefficient (Wildman–Crippen LogP) is 2.67. The number of hydrogen-bond donors (Lipinski definition) is 1. The summed E-state index contributed by atoms with van der Waals surface area (Å²) in [6, 6.07) is 8.94. The van der Waals surface area contributed by atoms with Crippen LogP contribution < -0.4 is 14.8 Å². The third kappa shape index (κ3) is 2.48. The van der Waals surface area contributed by atoms with Gasteiger partial charge in [-0.15, -0.1) is 0 Å². The van der Waals surface area contributed by atoms with Crippen molar-refractivity contribution in [3.8, 4) is 11.5 Å². The molecule has 0 atom stereocenters. The van der Waals surface area contributed by atoms with Crippen LogP contribution in [0.2, 0.25) is 0 Å². The summed E-state index contributed by atoms with van der Waals surface area (Å²) < 4.78 is 12.9. The van der Waals surface area contributed by atoms with Crippen LogP contribution in [0, 0.1) is 6.92 Å². The predicted molar refractivity (Wildman–Crippen MR) is 85.3 cm³/mol. The molecule has 1 amide bonds. The van der Waals surface area contributed by atoms with E-state index in [4.69, 9.17) is 9.47 Å². The fourth-order valence-corrected chi connectivity index (χ4v) is 2.63. The number of amides is 1. The zero-order valence-corrected chi connectivity index (χ0v) is 12.6. The molecule has 1 aliphatic heterocycles. The Morgan fingerprint density at radius 2 is 2.04 bits per heavy atom. The van der Waals surface area contributed by atoms with Crippen molar-refractivity contribution in [1.29, 1.82) is 0 Å². The van der Waals surface area contributed by atoms with Crippen molar-refractivity contribution in [3.05, 3.63) is 54.0 Å². The number of hydrogen-bond acceptors (Lipinski definition) is 4. The molecule has 0 bridgehead atoms. The Morgan fingerprint density at radius 3 is 2.91 bits per heavy atom. The van der Waals surface area contributed by atoms with Gasteiger partial charge in [0, 0.05) is 24.1 Å². The summed E-state index contributed by atoms with van der Waals surface area (Å²) in [6.45, 7) is 2.95. The summed E-state index contributed by atoms with van der Waals surface area (Å²) in [4.78, 5) is 17.0. The zero-order chi connectivity index (χ0) is 15.8. The molecule has 0 saturated heterocycles. The number of carbonyl (C=O) groups excluding carboxylic acids is 1. The SMILES string of the molecule is Cc1cn2cccc(C(=O)Nc3ccc4c(c3)OCCO4)c2n1. The highest BCUT2D eigenvalue weighted by Gasteiger charge is 2.15. The molecular formula is C17H15N3O3. The Labute approximate surface area is 132 Å². The highest BCUT2D eigenvalue weighted by molar-refractivity contribution is 6.08. The summed E-state index contributed by atoms with van der Waals surface area (Å²) in [6.07, 6.45) is 3.76. The molecule has 0 spiro atoms. The number of carbonyl (C=O) groups is 1.